The van der Waals surface area contributed by atoms with Crippen molar-refractivity contribution in [3.63, 3.8) is 0 Å². The van der Waals surface area contributed by atoms with E-state index in [4.69, 9.17) is 0 Å². The molecule has 3 rings (SSSR count). The Balaban J connectivity index is 1.45. The third kappa shape index (κ3) is 4.41. The van der Waals surface area contributed by atoms with Gasteiger partial charge in [-0.15, -0.1) is 0 Å². The minimum absolute atomic E-state index is 0.136. The van der Waals surface area contributed by atoms with Crippen LogP contribution in [0.4, 0.5) is 0 Å². The summed E-state index contributed by atoms with van der Waals surface area (Å²) < 4.78 is 0. The predicted molar refractivity (Wildman–Crippen MR) is 89.1 cm³/mol. The fourth-order valence-electron chi connectivity index (χ4n) is 3.22. The summed E-state index contributed by atoms with van der Waals surface area (Å²) in [7, 11) is 0. The second-order valence-corrected chi connectivity index (χ2v) is 6.59. The van der Waals surface area contributed by atoms with Gasteiger partial charge in [-0.25, -0.2) is 5.43 Å². The third-order valence-corrected chi connectivity index (χ3v) is 4.47. The normalized spacial score (nSPS) is 22.0. The van der Waals surface area contributed by atoms with Crippen LogP contribution < -0.4 is 10.7 Å². The number of hydrazone groups is 1. The number of aromatic nitrogens is 2. The largest absolute Gasteiger partial charge is 0.351 e. The second-order valence-electron chi connectivity index (χ2n) is 6.59. The Morgan fingerprint density at radius 3 is 3.04 bits per heavy atom. The van der Waals surface area contributed by atoms with Gasteiger partial charge >= 0.3 is 0 Å². The van der Waals surface area contributed by atoms with E-state index in [0.717, 1.165) is 43.9 Å². The van der Waals surface area contributed by atoms with Crippen molar-refractivity contribution in [3.8, 4) is 0 Å². The van der Waals surface area contributed by atoms with Gasteiger partial charge in [0.1, 0.15) is 5.71 Å². The molecule has 2 aliphatic heterocycles. The van der Waals surface area contributed by atoms with E-state index in [1.165, 1.54) is 0 Å². The number of hydrogen-bond donors (Lipinski definition) is 3. The summed E-state index contributed by atoms with van der Waals surface area (Å²) in [4.78, 5) is 25.5. The lowest BCUT2D eigenvalue weighted by Gasteiger charge is -2.32. The molecular weight excluding hydrogens is 308 g/mol. The van der Waals surface area contributed by atoms with E-state index in [1.807, 2.05) is 6.92 Å². The molecule has 8 nitrogen and oxygen atoms in total. The molecule has 130 valence electrons. The van der Waals surface area contributed by atoms with Crippen molar-refractivity contribution in [1.29, 1.82) is 0 Å². The SMILES string of the molecule is Cc1cc(CN2CCC[C@H](CNC(=O)C3=NNC(=O)CC3)C2)n[nH]1. The van der Waals surface area contributed by atoms with Crippen LogP contribution in [0, 0.1) is 12.8 Å². The van der Waals surface area contributed by atoms with Crippen molar-refractivity contribution in [2.24, 2.45) is 11.0 Å². The molecule has 3 heterocycles. The number of amides is 2. The van der Waals surface area contributed by atoms with Crippen molar-refractivity contribution in [2.45, 2.75) is 39.2 Å². The monoisotopic (exact) mass is 332 g/mol. The van der Waals surface area contributed by atoms with Crippen LogP contribution in [0.2, 0.25) is 0 Å². The number of H-pyrrole nitrogens is 1. The van der Waals surface area contributed by atoms with Crippen LogP contribution in [0.15, 0.2) is 11.2 Å². The number of piperidine rings is 1. The van der Waals surface area contributed by atoms with Crippen LogP contribution in [-0.2, 0) is 16.1 Å². The van der Waals surface area contributed by atoms with Crippen LogP contribution in [0.3, 0.4) is 0 Å². The summed E-state index contributed by atoms with van der Waals surface area (Å²) in [5.74, 6) is 0.125. The van der Waals surface area contributed by atoms with Gasteiger partial charge in [0.25, 0.3) is 5.91 Å². The van der Waals surface area contributed by atoms with Gasteiger partial charge < -0.3 is 5.32 Å². The number of aromatic amines is 1. The lowest BCUT2D eigenvalue weighted by atomic mass is 9.97. The van der Waals surface area contributed by atoms with E-state index in [9.17, 15) is 9.59 Å². The van der Waals surface area contributed by atoms with E-state index in [0.29, 0.717) is 31.0 Å². The number of likely N-dealkylation sites (tertiary alicyclic amines) is 1. The van der Waals surface area contributed by atoms with Gasteiger partial charge in [-0.1, -0.05) is 0 Å². The van der Waals surface area contributed by atoms with Crippen molar-refractivity contribution >= 4 is 17.5 Å². The van der Waals surface area contributed by atoms with Gasteiger partial charge in [0.05, 0.1) is 5.69 Å². The zero-order valence-electron chi connectivity index (χ0n) is 14.0. The third-order valence-electron chi connectivity index (χ3n) is 4.47. The Bertz CT molecular complexity index is 638. The molecule has 0 bridgehead atoms. The molecule has 2 aliphatic rings. The predicted octanol–water partition coefficient (Wildman–Crippen LogP) is 0.312. The summed E-state index contributed by atoms with van der Waals surface area (Å²) in [6, 6.07) is 2.07. The molecule has 1 aromatic heterocycles. The molecule has 0 spiro atoms. The van der Waals surface area contributed by atoms with Crippen LogP contribution >= 0.6 is 0 Å². The first-order valence-corrected chi connectivity index (χ1v) is 8.47. The zero-order chi connectivity index (χ0) is 16.9. The summed E-state index contributed by atoms with van der Waals surface area (Å²) in [6.07, 6.45) is 2.97. The molecule has 24 heavy (non-hydrogen) atoms. The molecule has 0 radical (unpaired) electrons. The highest BCUT2D eigenvalue weighted by atomic mass is 16.2. The number of nitrogens with zero attached hydrogens (tertiary/aromatic N) is 3. The van der Waals surface area contributed by atoms with Crippen molar-refractivity contribution < 1.29 is 9.59 Å². The Labute approximate surface area is 141 Å². The van der Waals surface area contributed by atoms with Gasteiger partial charge in [0, 0.05) is 38.2 Å². The molecule has 1 fully saturated rings. The Morgan fingerprint density at radius 2 is 2.33 bits per heavy atom. The molecule has 2 amide bonds. The number of hydrogen-bond acceptors (Lipinski definition) is 5. The Kier molecular flexibility index (Phi) is 5.24. The second kappa shape index (κ2) is 7.57. The molecule has 0 saturated carbocycles. The van der Waals surface area contributed by atoms with E-state index in [-0.39, 0.29) is 11.8 Å². The number of aryl methyl sites for hydroxylation is 1. The van der Waals surface area contributed by atoms with Crippen molar-refractivity contribution in [3.05, 3.63) is 17.5 Å². The smallest absolute Gasteiger partial charge is 0.267 e. The molecular formula is C16H24N6O2. The summed E-state index contributed by atoms with van der Waals surface area (Å²) >= 11 is 0. The van der Waals surface area contributed by atoms with Gasteiger partial charge in [-0.3, -0.25) is 19.6 Å². The Morgan fingerprint density at radius 1 is 1.46 bits per heavy atom. The zero-order valence-corrected chi connectivity index (χ0v) is 14.0. The molecule has 0 unspecified atom stereocenters. The molecule has 1 atom stereocenters. The summed E-state index contributed by atoms with van der Waals surface area (Å²) in [5, 5.41) is 14.0. The van der Waals surface area contributed by atoms with E-state index in [2.05, 4.69) is 37.0 Å². The first-order valence-electron chi connectivity index (χ1n) is 8.47. The number of carbonyl (C=O) groups is 2. The highest BCUT2D eigenvalue weighted by molar-refractivity contribution is 6.39. The van der Waals surface area contributed by atoms with Crippen LogP contribution in [0.1, 0.15) is 37.1 Å². The maximum atomic E-state index is 12.1. The summed E-state index contributed by atoms with van der Waals surface area (Å²) in [5.41, 5.74) is 4.90. The van der Waals surface area contributed by atoms with E-state index in [1.54, 1.807) is 0 Å². The topological polar surface area (TPSA) is 102 Å². The minimum atomic E-state index is -0.171. The quantitative estimate of drug-likeness (QED) is 0.722. The first kappa shape index (κ1) is 16.6. The van der Waals surface area contributed by atoms with Gasteiger partial charge in [-0.2, -0.15) is 10.2 Å². The molecule has 1 saturated heterocycles. The van der Waals surface area contributed by atoms with Crippen molar-refractivity contribution in [2.75, 3.05) is 19.6 Å². The lowest BCUT2D eigenvalue weighted by molar-refractivity contribution is -0.121. The van der Waals surface area contributed by atoms with E-state index >= 15 is 0 Å². The lowest BCUT2D eigenvalue weighted by Crippen LogP contribution is -2.43. The molecule has 3 N–H and O–H groups in total. The number of nitrogens with one attached hydrogen (secondary N) is 3. The molecule has 8 heteroatoms. The maximum Gasteiger partial charge on any atom is 0.267 e. The first-order chi connectivity index (χ1) is 11.6. The number of rotatable bonds is 5. The Hall–Kier alpha value is -2.22. The minimum Gasteiger partial charge on any atom is -0.351 e. The van der Waals surface area contributed by atoms with E-state index < -0.39 is 0 Å². The van der Waals surface area contributed by atoms with Crippen LogP contribution in [-0.4, -0.2) is 52.3 Å². The van der Waals surface area contributed by atoms with Gasteiger partial charge in [-0.05, 0) is 38.3 Å². The average Bonchev–Trinajstić information content (AvgIpc) is 2.98. The number of carbonyl (C=O) groups excluding carboxylic acids is 2. The standard InChI is InChI=1S/C16H24N6O2/c1-11-7-13(19-18-11)10-22-6-2-3-12(9-22)8-17-16(24)14-4-5-15(23)21-20-14/h7,12H,2-6,8-10H2,1H3,(H,17,24)(H,18,19)(H,21,23)/t12-/m1/s1. The van der Waals surface area contributed by atoms with Crippen LogP contribution in [0.25, 0.3) is 0 Å². The van der Waals surface area contributed by atoms with Gasteiger partial charge in [0.15, 0.2) is 0 Å². The summed E-state index contributed by atoms with van der Waals surface area (Å²) in [6.45, 7) is 5.50. The van der Waals surface area contributed by atoms with Crippen molar-refractivity contribution in [1.82, 2.24) is 25.8 Å². The van der Waals surface area contributed by atoms with Crippen LogP contribution in [0.5, 0.6) is 0 Å². The highest BCUT2D eigenvalue weighted by Crippen LogP contribution is 2.17. The molecule has 0 aliphatic carbocycles. The average molecular weight is 332 g/mol. The highest BCUT2D eigenvalue weighted by Gasteiger charge is 2.23. The maximum absolute atomic E-state index is 12.1. The molecule has 0 aromatic carbocycles. The fraction of sp³-hybridized carbons (Fsp3) is 0.625. The fourth-order valence-corrected chi connectivity index (χ4v) is 3.22. The molecule has 1 aromatic rings. The van der Waals surface area contributed by atoms with Gasteiger partial charge in [0.2, 0.25) is 5.91 Å².